The van der Waals surface area contributed by atoms with Gasteiger partial charge in [-0.3, -0.25) is 9.69 Å². The van der Waals surface area contributed by atoms with Crippen LogP contribution < -0.4 is 9.47 Å². The minimum atomic E-state index is -0.216. The number of rotatable bonds is 6. The van der Waals surface area contributed by atoms with Gasteiger partial charge in [-0.2, -0.15) is 5.10 Å². The number of ether oxygens (including phenoxy) is 2. The van der Waals surface area contributed by atoms with Crippen molar-refractivity contribution in [3.63, 3.8) is 0 Å². The van der Waals surface area contributed by atoms with Crippen LogP contribution in [-0.2, 0) is 4.79 Å². The van der Waals surface area contributed by atoms with Gasteiger partial charge in [-0.05, 0) is 31.7 Å². The molecule has 0 aromatic heterocycles. The van der Waals surface area contributed by atoms with E-state index < -0.39 is 0 Å². The maximum Gasteiger partial charge on any atom is 0.257 e. The maximum atomic E-state index is 13.4. The quantitative estimate of drug-likeness (QED) is 0.697. The molecule has 1 amide bonds. The summed E-state index contributed by atoms with van der Waals surface area (Å²) < 4.78 is 11.0. The van der Waals surface area contributed by atoms with Gasteiger partial charge in [0.25, 0.3) is 5.91 Å². The number of aryl methyl sites for hydroxylation is 1. The first-order valence-corrected chi connectivity index (χ1v) is 11.1. The van der Waals surface area contributed by atoms with Crippen LogP contribution in [0.15, 0.2) is 47.6 Å². The Morgan fingerprint density at radius 3 is 2.53 bits per heavy atom. The lowest BCUT2D eigenvalue weighted by Gasteiger charge is -2.33. The smallest absolute Gasteiger partial charge is 0.257 e. The standard InChI is InChI=1S/C25H32N4O3/c1-18-6-5-7-19(14-18)22-16-23(21-9-8-20(31-3)15-24(21)32-4)29(26-22)25(30)17-28-12-10-27(2)11-13-28/h5-9,14-15,23H,10-13,16-17H2,1-4H3. The number of hydrazone groups is 1. The zero-order chi connectivity index (χ0) is 22.7. The third-order valence-electron chi connectivity index (χ3n) is 6.27. The first kappa shape index (κ1) is 22.3. The fourth-order valence-corrected chi connectivity index (χ4v) is 4.35. The molecule has 2 heterocycles. The second-order valence-corrected chi connectivity index (χ2v) is 8.56. The van der Waals surface area contributed by atoms with Crippen LogP contribution >= 0.6 is 0 Å². The molecule has 2 aromatic carbocycles. The number of carbonyl (C=O) groups is 1. The molecular weight excluding hydrogens is 404 g/mol. The van der Waals surface area contributed by atoms with Gasteiger partial charge in [0, 0.05) is 44.2 Å². The van der Waals surface area contributed by atoms with Crippen LogP contribution in [0.4, 0.5) is 0 Å². The third-order valence-corrected chi connectivity index (χ3v) is 6.27. The highest BCUT2D eigenvalue weighted by molar-refractivity contribution is 6.03. The van der Waals surface area contributed by atoms with E-state index in [1.807, 2.05) is 24.3 Å². The Hall–Kier alpha value is -2.90. The van der Waals surface area contributed by atoms with Gasteiger partial charge in [-0.15, -0.1) is 0 Å². The van der Waals surface area contributed by atoms with Gasteiger partial charge in [-0.25, -0.2) is 5.01 Å². The van der Waals surface area contributed by atoms with E-state index in [1.54, 1.807) is 19.2 Å². The number of hydrogen-bond acceptors (Lipinski definition) is 6. The van der Waals surface area contributed by atoms with Gasteiger partial charge < -0.3 is 14.4 Å². The molecule has 0 radical (unpaired) electrons. The Kier molecular flexibility index (Phi) is 6.77. The summed E-state index contributed by atoms with van der Waals surface area (Å²) in [7, 11) is 5.39. The third kappa shape index (κ3) is 4.79. The predicted molar refractivity (Wildman–Crippen MR) is 125 cm³/mol. The van der Waals surface area contributed by atoms with Gasteiger partial charge in [0.05, 0.1) is 32.5 Å². The molecule has 0 bridgehead atoms. The van der Waals surface area contributed by atoms with Crippen LogP contribution in [0.3, 0.4) is 0 Å². The number of piperazine rings is 1. The number of amides is 1. The minimum Gasteiger partial charge on any atom is -0.497 e. The van der Waals surface area contributed by atoms with E-state index in [-0.39, 0.29) is 11.9 Å². The zero-order valence-corrected chi connectivity index (χ0v) is 19.4. The highest BCUT2D eigenvalue weighted by Crippen LogP contribution is 2.39. The van der Waals surface area contributed by atoms with Crippen LogP contribution in [0.2, 0.25) is 0 Å². The molecule has 1 unspecified atom stereocenters. The molecule has 0 saturated carbocycles. The van der Waals surface area contributed by atoms with Gasteiger partial charge in [0.2, 0.25) is 0 Å². The van der Waals surface area contributed by atoms with Gasteiger partial charge in [0.1, 0.15) is 11.5 Å². The van der Waals surface area contributed by atoms with Crippen LogP contribution in [0.1, 0.15) is 29.2 Å². The number of methoxy groups -OCH3 is 2. The fraction of sp³-hybridized carbons (Fsp3) is 0.440. The molecule has 32 heavy (non-hydrogen) atoms. The first-order chi connectivity index (χ1) is 15.5. The van der Waals surface area contributed by atoms with Crippen molar-refractivity contribution in [1.82, 2.24) is 14.8 Å². The molecule has 2 aliphatic rings. The van der Waals surface area contributed by atoms with E-state index in [0.717, 1.165) is 48.8 Å². The lowest BCUT2D eigenvalue weighted by atomic mass is 9.97. The Morgan fingerprint density at radius 1 is 1.06 bits per heavy atom. The molecule has 7 heteroatoms. The molecule has 0 aliphatic carbocycles. The van der Waals surface area contributed by atoms with Crippen molar-refractivity contribution in [2.45, 2.75) is 19.4 Å². The average molecular weight is 437 g/mol. The molecule has 1 fully saturated rings. The lowest BCUT2D eigenvalue weighted by Crippen LogP contribution is -2.48. The molecule has 1 saturated heterocycles. The van der Waals surface area contributed by atoms with Crippen LogP contribution in [-0.4, -0.2) is 80.4 Å². The predicted octanol–water partition coefficient (Wildman–Crippen LogP) is 2.94. The number of hydrogen-bond donors (Lipinski definition) is 0. The monoisotopic (exact) mass is 436 g/mol. The summed E-state index contributed by atoms with van der Waals surface area (Å²) in [6.45, 7) is 6.16. The zero-order valence-electron chi connectivity index (χ0n) is 19.4. The van der Waals surface area contributed by atoms with E-state index in [2.05, 4.69) is 42.0 Å². The first-order valence-electron chi connectivity index (χ1n) is 11.1. The Bertz CT molecular complexity index is 998. The SMILES string of the molecule is COc1ccc(C2CC(c3cccc(C)c3)=NN2C(=O)CN2CCN(C)CC2)c(OC)c1. The Morgan fingerprint density at radius 2 is 1.84 bits per heavy atom. The highest BCUT2D eigenvalue weighted by atomic mass is 16.5. The second-order valence-electron chi connectivity index (χ2n) is 8.56. The molecule has 0 N–H and O–H groups in total. The number of benzene rings is 2. The molecule has 4 rings (SSSR count). The highest BCUT2D eigenvalue weighted by Gasteiger charge is 2.35. The molecule has 7 nitrogen and oxygen atoms in total. The summed E-state index contributed by atoms with van der Waals surface area (Å²) in [5.41, 5.74) is 4.08. The molecule has 2 aromatic rings. The van der Waals surface area contributed by atoms with Crippen LogP contribution in [0, 0.1) is 6.92 Å². The van der Waals surface area contributed by atoms with E-state index in [1.165, 1.54) is 5.56 Å². The molecule has 1 atom stereocenters. The van der Waals surface area contributed by atoms with Gasteiger partial charge in [-0.1, -0.05) is 29.8 Å². The van der Waals surface area contributed by atoms with Crippen molar-refractivity contribution >= 4 is 11.6 Å². The summed E-state index contributed by atoms with van der Waals surface area (Å²) in [5, 5.41) is 6.50. The normalized spacial score (nSPS) is 19.7. The summed E-state index contributed by atoms with van der Waals surface area (Å²) in [4.78, 5) is 17.9. The van der Waals surface area contributed by atoms with Gasteiger partial charge in [0.15, 0.2) is 0 Å². The summed E-state index contributed by atoms with van der Waals surface area (Å²) >= 11 is 0. The summed E-state index contributed by atoms with van der Waals surface area (Å²) in [6.07, 6.45) is 0.640. The van der Waals surface area contributed by atoms with Gasteiger partial charge >= 0.3 is 0 Å². The average Bonchev–Trinajstić information content (AvgIpc) is 3.25. The molecule has 2 aliphatic heterocycles. The number of likely N-dealkylation sites (N-methyl/N-ethyl adjacent to an activating group) is 1. The molecule has 0 spiro atoms. The van der Waals surface area contributed by atoms with E-state index in [0.29, 0.717) is 18.7 Å². The fourth-order valence-electron chi connectivity index (χ4n) is 4.35. The van der Waals surface area contributed by atoms with Crippen molar-refractivity contribution in [3.05, 3.63) is 59.2 Å². The van der Waals surface area contributed by atoms with Crippen molar-refractivity contribution in [3.8, 4) is 11.5 Å². The summed E-state index contributed by atoms with van der Waals surface area (Å²) in [5.74, 6) is 1.44. The van der Waals surface area contributed by atoms with Crippen molar-refractivity contribution in [2.24, 2.45) is 5.10 Å². The molecular formula is C25H32N4O3. The lowest BCUT2D eigenvalue weighted by molar-refractivity contribution is -0.134. The second kappa shape index (κ2) is 9.71. The number of nitrogens with zero attached hydrogens (tertiary/aromatic N) is 4. The minimum absolute atomic E-state index is 0.0140. The summed E-state index contributed by atoms with van der Waals surface area (Å²) in [6, 6.07) is 13.8. The van der Waals surface area contributed by atoms with E-state index in [9.17, 15) is 4.79 Å². The van der Waals surface area contributed by atoms with Crippen LogP contribution in [0.25, 0.3) is 0 Å². The number of carbonyl (C=O) groups excluding carboxylic acids is 1. The Labute approximate surface area is 190 Å². The topological polar surface area (TPSA) is 57.6 Å². The van der Waals surface area contributed by atoms with Crippen molar-refractivity contribution in [2.75, 3.05) is 54.0 Å². The maximum absolute atomic E-state index is 13.4. The van der Waals surface area contributed by atoms with E-state index >= 15 is 0 Å². The van der Waals surface area contributed by atoms with Crippen molar-refractivity contribution < 1.29 is 14.3 Å². The molecule has 170 valence electrons. The van der Waals surface area contributed by atoms with Crippen molar-refractivity contribution in [1.29, 1.82) is 0 Å². The van der Waals surface area contributed by atoms with E-state index in [4.69, 9.17) is 14.6 Å². The Balaban J connectivity index is 1.64. The largest absolute Gasteiger partial charge is 0.497 e. The van der Waals surface area contributed by atoms with Crippen LogP contribution in [0.5, 0.6) is 11.5 Å².